The Bertz CT molecular complexity index is 567. The first-order valence-corrected chi connectivity index (χ1v) is 7.44. The van der Waals surface area contributed by atoms with E-state index in [0.717, 1.165) is 0 Å². The number of benzene rings is 1. The fourth-order valence-electron chi connectivity index (χ4n) is 2.26. The zero-order chi connectivity index (χ0) is 13.3. The van der Waals surface area contributed by atoms with E-state index < -0.39 is 10.0 Å². The number of rotatable bonds is 2. The molecule has 1 aliphatic rings. The minimum Gasteiger partial charge on any atom is -0.469 e. The molecule has 18 heavy (non-hydrogen) atoms. The molecule has 1 aliphatic heterocycles. The van der Waals surface area contributed by atoms with Gasteiger partial charge >= 0.3 is 5.97 Å². The zero-order valence-corrected chi connectivity index (χ0v) is 11.1. The van der Waals surface area contributed by atoms with Crippen LogP contribution >= 0.6 is 0 Å². The first kappa shape index (κ1) is 12.9. The summed E-state index contributed by atoms with van der Waals surface area (Å²) in [5.74, 6) is -0.709. The van der Waals surface area contributed by atoms with E-state index in [9.17, 15) is 13.2 Å². The molecule has 1 aromatic rings. The number of hydrogen-bond donors (Lipinski definition) is 0. The summed E-state index contributed by atoms with van der Waals surface area (Å²) in [6.45, 7) is 0.301. The van der Waals surface area contributed by atoms with Gasteiger partial charge in [0.15, 0.2) is 0 Å². The SMILES string of the molecule is COC(=O)C1CCN(S(C)(=O)=O)c2ccccc21. The number of anilines is 1. The van der Waals surface area contributed by atoms with Crippen molar-refractivity contribution in [2.45, 2.75) is 12.3 Å². The molecule has 6 heteroatoms. The van der Waals surface area contributed by atoms with Crippen molar-refractivity contribution >= 4 is 21.7 Å². The lowest BCUT2D eigenvalue weighted by atomic mass is 9.91. The maximum atomic E-state index is 11.7. The third kappa shape index (κ3) is 2.20. The van der Waals surface area contributed by atoms with Crippen LogP contribution < -0.4 is 4.31 Å². The molecule has 0 spiro atoms. The second kappa shape index (κ2) is 4.61. The third-order valence-corrected chi connectivity index (χ3v) is 4.27. The predicted octanol–water partition coefficient (Wildman–Crippen LogP) is 1.11. The van der Waals surface area contributed by atoms with Crippen LogP contribution in [0.3, 0.4) is 0 Å². The molecule has 0 fully saturated rings. The molecule has 0 radical (unpaired) electrons. The minimum absolute atomic E-state index is 0.301. The lowest BCUT2D eigenvalue weighted by molar-refractivity contribution is -0.142. The maximum absolute atomic E-state index is 11.7. The average molecular weight is 269 g/mol. The van der Waals surface area contributed by atoms with Crippen molar-refractivity contribution in [3.63, 3.8) is 0 Å². The lowest BCUT2D eigenvalue weighted by Crippen LogP contribution is -2.37. The molecular formula is C12H15NO4S. The minimum atomic E-state index is -3.31. The normalized spacial score (nSPS) is 19.2. The summed E-state index contributed by atoms with van der Waals surface area (Å²) in [7, 11) is -1.97. The number of ether oxygens (including phenoxy) is 1. The number of carbonyl (C=O) groups excluding carboxylic acids is 1. The smallest absolute Gasteiger partial charge is 0.313 e. The molecular weight excluding hydrogens is 254 g/mol. The lowest BCUT2D eigenvalue weighted by Gasteiger charge is -2.32. The van der Waals surface area contributed by atoms with Crippen molar-refractivity contribution in [1.82, 2.24) is 0 Å². The second-order valence-electron chi connectivity index (χ2n) is 4.26. The number of fused-ring (bicyclic) bond motifs is 1. The quantitative estimate of drug-likeness (QED) is 0.755. The Morgan fingerprint density at radius 3 is 2.67 bits per heavy atom. The van der Waals surface area contributed by atoms with Gasteiger partial charge in [-0.05, 0) is 18.1 Å². The summed E-state index contributed by atoms with van der Waals surface area (Å²) >= 11 is 0. The highest BCUT2D eigenvalue weighted by molar-refractivity contribution is 7.92. The van der Waals surface area contributed by atoms with Crippen LogP contribution in [-0.2, 0) is 19.6 Å². The molecule has 0 bridgehead atoms. The highest BCUT2D eigenvalue weighted by Gasteiger charge is 2.33. The Balaban J connectivity index is 2.50. The van der Waals surface area contributed by atoms with E-state index in [4.69, 9.17) is 4.74 Å². The molecule has 2 rings (SSSR count). The van der Waals surface area contributed by atoms with E-state index in [2.05, 4.69) is 0 Å². The summed E-state index contributed by atoms with van der Waals surface area (Å²) in [5, 5.41) is 0. The molecule has 98 valence electrons. The van der Waals surface area contributed by atoms with Crippen molar-refractivity contribution in [2.24, 2.45) is 0 Å². The van der Waals surface area contributed by atoms with Gasteiger partial charge in [-0.1, -0.05) is 18.2 Å². The first-order chi connectivity index (χ1) is 8.45. The highest BCUT2D eigenvalue weighted by atomic mass is 32.2. The number of methoxy groups -OCH3 is 1. The van der Waals surface area contributed by atoms with Gasteiger partial charge in [0.25, 0.3) is 0 Å². The van der Waals surface area contributed by atoms with Gasteiger partial charge in [0, 0.05) is 6.54 Å². The third-order valence-electron chi connectivity index (χ3n) is 3.09. The van der Waals surface area contributed by atoms with Crippen molar-refractivity contribution in [3.05, 3.63) is 29.8 Å². The molecule has 1 heterocycles. The van der Waals surface area contributed by atoms with Crippen LogP contribution in [-0.4, -0.2) is 34.3 Å². The van der Waals surface area contributed by atoms with Crippen LogP contribution in [0.15, 0.2) is 24.3 Å². The van der Waals surface area contributed by atoms with Crippen LogP contribution in [0.2, 0.25) is 0 Å². The van der Waals surface area contributed by atoms with Crippen molar-refractivity contribution in [2.75, 3.05) is 24.2 Å². The summed E-state index contributed by atoms with van der Waals surface area (Å²) in [4.78, 5) is 11.7. The molecule has 0 amide bonds. The number of nitrogens with zero attached hydrogens (tertiary/aromatic N) is 1. The molecule has 0 aromatic heterocycles. The maximum Gasteiger partial charge on any atom is 0.313 e. The van der Waals surface area contributed by atoms with Crippen LogP contribution in [0.1, 0.15) is 17.9 Å². The Labute approximate surface area is 106 Å². The number of sulfonamides is 1. The van der Waals surface area contributed by atoms with Crippen LogP contribution in [0, 0.1) is 0 Å². The fourth-order valence-corrected chi connectivity index (χ4v) is 3.22. The van der Waals surface area contributed by atoms with Crippen molar-refractivity contribution < 1.29 is 17.9 Å². The fraction of sp³-hybridized carbons (Fsp3) is 0.417. The summed E-state index contributed by atoms with van der Waals surface area (Å²) in [6.07, 6.45) is 1.61. The van der Waals surface area contributed by atoms with Gasteiger partial charge in [0.05, 0.1) is 25.0 Å². The Kier molecular flexibility index (Phi) is 3.30. The van der Waals surface area contributed by atoms with Crippen LogP contribution in [0.25, 0.3) is 0 Å². The number of para-hydroxylation sites is 1. The van der Waals surface area contributed by atoms with Gasteiger partial charge in [-0.25, -0.2) is 8.42 Å². The largest absolute Gasteiger partial charge is 0.469 e. The van der Waals surface area contributed by atoms with E-state index in [1.165, 1.54) is 17.7 Å². The monoisotopic (exact) mass is 269 g/mol. The summed E-state index contributed by atoms with van der Waals surface area (Å²) < 4.78 is 29.5. The predicted molar refractivity (Wildman–Crippen MR) is 68.0 cm³/mol. The van der Waals surface area contributed by atoms with Gasteiger partial charge in [-0.3, -0.25) is 9.10 Å². The van der Waals surface area contributed by atoms with E-state index in [-0.39, 0.29) is 11.9 Å². The topological polar surface area (TPSA) is 63.7 Å². The van der Waals surface area contributed by atoms with Gasteiger partial charge in [-0.15, -0.1) is 0 Å². The molecule has 5 nitrogen and oxygen atoms in total. The van der Waals surface area contributed by atoms with Gasteiger partial charge in [0.1, 0.15) is 0 Å². The van der Waals surface area contributed by atoms with Crippen LogP contribution in [0.4, 0.5) is 5.69 Å². The number of carbonyl (C=O) groups is 1. The Hall–Kier alpha value is -1.56. The summed E-state index contributed by atoms with van der Waals surface area (Å²) in [5.41, 5.74) is 1.28. The zero-order valence-electron chi connectivity index (χ0n) is 10.3. The number of esters is 1. The first-order valence-electron chi connectivity index (χ1n) is 5.59. The van der Waals surface area contributed by atoms with E-state index in [1.807, 2.05) is 0 Å². The van der Waals surface area contributed by atoms with E-state index in [1.54, 1.807) is 24.3 Å². The number of hydrogen-bond acceptors (Lipinski definition) is 4. The average Bonchev–Trinajstić information content (AvgIpc) is 2.35. The molecule has 0 saturated heterocycles. The Morgan fingerprint density at radius 1 is 1.39 bits per heavy atom. The van der Waals surface area contributed by atoms with Crippen LogP contribution in [0.5, 0.6) is 0 Å². The van der Waals surface area contributed by atoms with Gasteiger partial charge in [-0.2, -0.15) is 0 Å². The van der Waals surface area contributed by atoms with E-state index in [0.29, 0.717) is 24.2 Å². The standard InChI is InChI=1S/C12H15NO4S/c1-17-12(14)10-7-8-13(18(2,15)16)11-6-4-3-5-9(10)11/h3-6,10H,7-8H2,1-2H3. The Morgan fingerprint density at radius 2 is 2.06 bits per heavy atom. The molecule has 1 unspecified atom stereocenters. The van der Waals surface area contributed by atoms with Gasteiger partial charge in [0.2, 0.25) is 10.0 Å². The highest BCUT2D eigenvalue weighted by Crippen LogP contribution is 2.36. The molecule has 0 saturated carbocycles. The van der Waals surface area contributed by atoms with Gasteiger partial charge < -0.3 is 4.74 Å². The molecule has 1 atom stereocenters. The van der Waals surface area contributed by atoms with Crippen molar-refractivity contribution in [1.29, 1.82) is 0 Å². The summed E-state index contributed by atoms with van der Waals surface area (Å²) in [6, 6.07) is 7.04. The molecule has 1 aromatic carbocycles. The van der Waals surface area contributed by atoms with E-state index >= 15 is 0 Å². The second-order valence-corrected chi connectivity index (χ2v) is 6.17. The van der Waals surface area contributed by atoms with Crippen molar-refractivity contribution in [3.8, 4) is 0 Å². The molecule has 0 aliphatic carbocycles. The molecule has 0 N–H and O–H groups in total.